The Hall–Kier alpha value is 0.0639. The first-order valence-corrected chi connectivity index (χ1v) is 2.61. The fourth-order valence-electron chi connectivity index (χ4n) is 0.589. The summed E-state index contributed by atoms with van der Waals surface area (Å²) in [7, 11) is 0. The molecule has 11 heavy (non-hydrogen) atoms. The normalized spacial score (nSPS) is 6.18. The number of benzene rings is 1. The molecule has 0 N–H and O–H groups in total. The maximum atomic E-state index is 3.63. The minimum Gasteiger partial charge on any atom is -0.358 e. The molecule has 0 heterocycles. The molecule has 1 heteroatoms. The van der Waals surface area contributed by atoms with Gasteiger partial charge in [0.1, 0.15) is 0 Å². The largest absolute Gasteiger partial charge is 0.358 e. The Labute approximate surface area is 95.6 Å². The Balaban J connectivity index is -0.000000213. The minimum atomic E-state index is 0. The predicted molar refractivity (Wildman–Crippen MR) is 49.4 cm³/mol. The average molecular weight is 223 g/mol. The zero-order chi connectivity index (χ0) is 5.82. The summed E-state index contributed by atoms with van der Waals surface area (Å²) in [4.78, 5) is 0. The van der Waals surface area contributed by atoms with E-state index < -0.39 is 0 Å². The predicted octanol–water partition coefficient (Wildman–Crippen LogP) is 3.23. The zero-order valence-electron chi connectivity index (χ0n) is 7.25. The van der Waals surface area contributed by atoms with Crippen LogP contribution >= 0.6 is 0 Å². The third-order valence-corrected chi connectivity index (χ3v) is 1.04. The van der Waals surface area contributed by atoms with Gasteiger partial charge >= 0.3 is 0 Å². The van der Waals surface area contributed by atoms with Gasteiger partial charge < -0.3 is 14.9 Å². The first-order chi connectivity index (χ1) is 3.93. The van der Waals surface area contributed by atoms with E-state index in [1.807, 2.05) is 36.4 Å². The van der Waals surface area contributed by atoms with Gasteiger partial charge in [-0.05, 0) is 5.56 Å². The van der Waals surface area contributed by atoms with E-state index in [1.165, 1.54) is 5.56 Å². The molecule has 1 radical (unpaired) electrons. The SMILES string of the molecule is C=Cc1ccccc1.[CH3-].[CH3-].[Y]. The summed E-state index contributed by atoms with van der Waals surface area (Å²) in [6.45, 7) is 3.63. The molecule has 0 aliphatic heterocycles. The first-order valence-electron chi connectivity index (χ1n) is 2.61. The van der Waals surface area contributed by atoms with Crippen LogP contribution in [-0.2, 0) is 32.7 Å². The molecule has 0 atom stereocenters. The van der Waals surface area contributed by atoms with Gasteiger partial charge in [0.05, 0.1) is 0 Å². The molecule has 1 rings (SSSR count). The Morgan fingerprint density at radius 1 is 1.00 bits per heavy atom. The van der Waals surface area contributed by atoms with Crippen LogP contribution in [-0.4, -0.2) is 0 Å². The van der Waals surface area contributed by atoms with Crippen LogP contribution in [0.3, 0.4) is 0 Å². The molecule has 0 fully saturated rings. The summed E-state index contributed by atoms with van der Waals surface area (Å²) < 4.78 is 0. The van der Waals surface area contributed by atoms with Crippen molar-refractivity contribution in [2.45, 2.75) is 0 Å². The maximum absolute atomic E-state index is 3.63. The molecule has 0 spiro atoms. The van der Waals surface area contributed by atoms with Gasteiger partial charge in [0.25, 0.3) is 0 Å². The van der Waals surface area contributed by atoms with Crippen LogP contribution in [0.15, 0.2) is 36.9 Å². The fraction of sp³-hybridized carbons (Fsp3) is 0. The molecule has 0 nitrogen and oxygen atoms in total. The summed E-state index contributed by atoms with van der Waals surface area (Å²) in [6, 6.07) is 10.0. The van der Waals surface area contributed by atoms with Crippen molar-refractivity contribution in [1.82, 2.24) is 0 Å². The van der Waals surface area contributed by atoms with Crippen molar-refractivity contribution in [2.75, 3.05) is 0 Å². The van der Waals surface area contributed by atoms with Crippen LogP contribution in [0, 0.1) is 14.9 Å². The number of hydrogen-bond acceptors (Lipinski definition) is 0. The van der Waals surface area contributed by atoms with E-state index >= 15 is 0 Å². The van der Waals surface area contributed by atoms with E-state index in [1.54, 1.807) is 0 Å². The smallest absolute Gasteiger partial charge is 0 e. The summed E-state index contributed by atoms with van der Waals surface area (Å²) >= 11 is 0. The van der Waals surface area contributed by atoms with Crippen molar-refractivity contribution >= 4 is 6.08 Å². The second-order valence-corrected chi connectivity index (χ2v) is 1.61. The van der Waals surface area contributed by atoms with E-state index in [0.717, 1.165) is 0 Å². The monoisotopic (exact) mass is 223 g/mol. The van der Waals surface area contributed by atoms with E-state index in [4.69, 9.17) is 0 Å². The van der Waals surface area contributed by atoms with Crippen molar-refractivity contribution in [3.63, 3.8) is 0 Å². The topological polar surface area (TPSA) is 0 Å². The van der Waals surface area contributed by atoms with Crippen molar-refractivity contribution in [2.24, 2.45) is 0 Å². The second kappa shape index (κ2) is 10.1. The minimum absolute atomic E-state index is 0. The molecule has 0 bridgehead atoms. The standard InChI is InChI=1S/C8H8.2CH3.Y/c1-2-8-6-4-3-5-7-8;;;/h2-7H,1H2;2*1H3;/q;2*-1;. The number of rotatable bonds is 1. The maximum Gasteiger partial charge on any atom is 0 e. The van der Waals surface area contributed by atoms with Crippen molar-refractivity contribution in [3.05, 3.63) is 57.3 Å². The van der Waals surface area contributed by atoms with Crippen LogP contribution in [0.4, 0.5) is 0 Å². The van der Waals surface area contributed by atoms with Crippen LogP contribution in [0.2, 0.25) is 0 Å². The number of hydrogen-bond donors (Lipinski definition) is 0. The van der Waals surface area contributed by atoms with Crippen molar-refractivity contribution < 1.29 is 32.7 Å². The molecule has 0 aliphatic carbocycles. The van der Waals surface area contributed by atoms with Crippen molar-refractivity contribution in [3.8, 4) is 0 Å². The Morgan fingerprint density at radius 2 is 1.45 bits per heavy atom. The van der Waals surface area contributed by atoms with Crippen LogP contribution < -0.4 is 0 Å². The van der Waals surface area contributed by atoms with Gasteiger partial charge in [-0.25, -0.2) is 0 Å². The third-order valence-electron chi connectivity index (χ3n) is 1.04. The molecular formula is C10H14Y-2. The Morgan fingerprint density at radius 3 is 1.73 bits per heavy atom. The molecule has 0 aliphatic rings. The summed E-state index contributed by atoms with van der Waals surface area (Å²) in [5.74, 6) is 0. The van der Waals surface area contributed by atoms with Gasteiger partial charge in [0, 0.05) is 32.7 Å². The summed E-state index contributed by atoms with van der Waals surface area (Å²) in [5, 5.41) is 0. The van der Waals surface area contributed by atoms with E-state index in [-0.39, 0.29) is 47.6 Å². The van der Waals surface area contributed by atoms with Gasteiger partial charge in [0.2, 0.25) is 0 Å². The van der Waals surface area contributed by atoms with E-state index in [9.17, 15) is 0 Å². The molecule has 0 amide bonds. The fourth-order valence-corrected chi connectivity index (χ4v) is 0.589. The van der Waals surface area contributed by atoms with Gasteiger partial charge in [-0.1, -0.05) is 43.0 Å². The molecule has 0 saturated heterocycles. The molecule has 0 unspecified atom stereocenters. The Kier molecular flexibility index (Phi) is 15.8. The van der Waals surface area contributed by atoms with Gasteiger partial charge in [-0.3, -0.25) is 0 Å². The van der Waals surface area contributed by atoms with E-state index in [2.05, 4.69) is 6.58 Å². The molecule has 59 valence electrons. The third kappa shape index (κ3) is 6.46. The average Bonchev–Trinajstić information content (AvgIpc) is 1.90. The molecule has 1 aromatic rings. The quantitative estimate of drug-likeness (QED) is 0.641. The zero-order valence-corrected chi connectivity index (χ0v) is 10.1. The van der Waals surface area contributed by atoms with Gasteiger partial charge in [-0.2, -0.15) is 0 Å². The van der Waals surface area contributed by atoms with Crippen LogP contribution in [0.5, 0.6) is 0 Å². The summed E-state index contributed by atoms with van der Waals surface area (Å²) in [5.41, 5.74) is 1.17. The van der Waals surface area contributed by atoms with Gasteiger partial charge in [0.15, 0.2) is 0 Å². The van der Waals surface area contributed by atoms with Crippen LogP contribution in [0.25, 0.3) is 6.08 Å². The van der Waals surface area contributed by atoms with Gasteiger partial charge in [-0.15, -0.1) is 0 Å². The molecule has 1 aromatic carbocycles. The first kappa shape index (κ1) is 17.2. The molecule has 0 aromatic heterocycles. The second-order valence-electron chi connectivity index (χ2n) is 1.61. The molecule has 0 saturated carbocycles. The van der Waals surface area contributed by atoms with Crippen molar-refractivity contribution in [1.29, 1.82) is 0 Å². The van der Waals surface area contributed by atoms with Crippen LogP contribution in [0.1, 0.15) is 5.56 Å². The van der Waals surface area contributed by atoms with E-state index in [0.29, 0.717) is 0 Å². The Bertz CT molecular complexity index is 167. The summed E-state index contributed by atoms with van der Waals surface area (Å²) in [6.07, 6.45) is 1.83. The molecular weight excluding hydrogens is 209 g/mol.